The molecule has 0 aromatic carbocycles. The standard InChI is InChI=1S/C6H13N/c1-3-6(2)4-5-7/h2-5,7H2,1H3. The summed E-state index contributed by atoms with van der Waals surface area (Å²) in [7, 11) is 0. The van der Waals surface area contributed by atoms with E-state index in [1.165, 1.54) is 5.57 Å². The monoisotopic (exact) mass is 99.1 g/mol. The van der Waals surface area contributed by atoms with Crippen molar-refractivity contribution in [3.05, 3.63) is 12.2 Å². The van der Waals surface area contributed by atoms with Gasteiger partial charge in [-0.05, 0) is 19.4 Å². The van der Waals surface area contributed by atoms with Crippen molar-refractivity contribution in [1.29, 1.82) is 0 Å². The van der Waals surface area contributed by atoms with E-state index in [-0.39, 0.29) is 0 Å². The molecule has 1 heteroatoms. The molecule has 0 spiro atoms. The predicted molar refractivity (Wildman–Crippen MR) is 33.1 cm³/mol. The minimum Gasteiger partial charge on any atom is -0.330 e. The highest BCUT2D eigenvalue weighted by Gasteiger charge is 1.83. The van der Waals surface area contributed by atoms with Gasteiger partial charge in [-0.1, -0.05) is 19.1 Å². The van der Waals surface area contributed by atoms with Gasteiger partial charge in [0.2, 0.25) is 0 Å². The van der Waals surface area contributed by atoms with Crippen LogP contribution in [-0.2, 0) is 0 Å². The van der Waals surface area contributed by atoms with Gasteiger partial charge < -0.3 is 5.73 Å². The molecule has 0 aliphatic rings. The van der Waals surface area contributed by atoms with Crippen molar-refractivity contribution in [2.75, 3.05) is 6.54 Å². The Morgan fingerprint density at radius 1 is 1.71 bits per heavy atom. The van der Waals surface area contributed by atoms with E-state index in [0.717, 1.165) is 19.4 Å². The third kappa shape index (κ3) is 3.53. The lowest BCUT2D eigenvalue weighted by Gasteiger charge is -1.94. The summed E-state index contributed by atoms with van der Waals surface area (Å²) in [5, 5.41) is 0. The van der Waals surface area contributed by atoms with Crippen molar-refractivity contribution < 1.29 is 0 Å². The summed E-state index contributed by atoms with van der Waals surface area (Å²) < 4.78 is 0. The second-order valence-corrected chi connectivity index (χ2v) is 1.64. The molecule has 0 radical (unpaired) electrons. The van der Waals surface area contributed by atoms with Crippen LogP contribution in [0.2, 0.25) is 0 Å². The summed E-state index contributed by atoms with van der Waals surface area (Å²) >= 11 is 0. The maximum absolute atomic E-state index is 5.24. The van der Waals surface area contributed by atoms with Gasteiger partial charge in [0.1, 0.15) is 0 Å². The zero-order chi connectivity index (χ0) is 5.70. The molecule has 42 valence electrons. The smallest absolute Gasteiger partial charge is 0.00400 e. The third-order valence-corrected chi connectivity index (χ3v) is 0.998. The van der Waals surface area contributed by atoms with E-state index in [2.05, 4.69) is 13.5 Å². The quantitative estimate of drug-likeness (QED) is 0.530. The topological polar surface area (TPSA) is 26.0 Å². The Bertz CT molecular complexity index is 57.2. The van der Waals surface area contributed by atoms with Gasteiger partial charge in [-0.25, -0.2) is 0 Å². The number of nitrogens with two attached hydrogens (primary N) is 1. The molecule has 0 amide bonds. The molecule has 0 fully saturated rings. The van der Waals surface area contributed by atoms with Crippen molar-refractivity contribution in [3.8, 4) is 0 Å². The first-order valence-electron chi connectivity index (χ1n) is 2.68. The van der Waals surface area contributed by atoms with Gasteiger partial charge in [0.05, 0.1) is 0 Å². The molecule has 7 heavy (non-hydrogen) atoms. The lowest BCUT2D eigenvalue weighted by Crippen LogP contribution is -1.98. The molecule has 0 aromatic rings. The number of rotatable bonds is 3. The number of hydrogen-bond acceptors (Lipinski definition) is 1. The van der Waals surface area contributed by atoms with Crippen LogP contribution in [0.25, 0.3) is 0 Å². The first-order chi connectivity index (χ1) is 3.31. The van der Waals surface area contributed by atoms with Crippen LogP contribution in [0.1, 0.15) is 19.8 Å². The molecule has 0 atom stereocenters. The predicted octanol–water partition coefficient (Wildman–Crippen LogP) is 1.30. The van der Waals surface area contributed by atoms with Crippen LogP contribution < -0.4 is 5.73 Å². The second kappa shape index (κ2) is 3.88. The first-order valence-corrected chi connectivity index (χ1v) is 2.68. The molecule has 0 saturated heterocycles. The molecule has 0 saturated carbocycles. The van der Waals surface area contributed by atoms with Gasteiger partial charge in [-0.15, -0.1) is 0 Å². The Hall–Kier alpha value is -0.300. The van der Waals surface area contributed by atoms with E-state index in [9.17, 15) is 0 Å². The van der Waals surface area contributed by atoms with Crippen LogP contribution in [-0.4, -0.2) is 6.54 Å². The first kappa shape index (κ1) is 6.70. The molecular formula is C6H13N. The zero-order valence-corrected chi connectivity index (χ0v) is 4.91. The highest BCUT2D eigenvalue weighted by Crippen LogP contribution is 1.98. The highest BCUT2D eigenvalue weighted by atomic mass is 14.5. The largest absolute Gasteiger partial charge is 0.330 e. The minimum atomic E-state index is 0.743. The van der Waals surface area contributed by atoms with E-state index in [1.807, 2.05) is 0 Å². The van der Waals surface area contributed by atoms with E-state index in [1.54, 1.807) is 0 Å². The SMILES string of the molecule is C=C(CC)CCN. The van der Waals surface area contributed by atoms with Crippen molar-refractivity contribution >= 4 is 0 Å². The molecule has 0 unspecified atom stereocenters. The fourth-order valence-corrected chi connectivity index (χ4v) is 0.381. The Kier molecular flexibility index (Phi) is 3.71. The van der Waals surface area contributed by atoms with Crippen LogP contribution >= 0.6 is 0 Å². The van der Waals surface area contributed by atoms with Crippen LogP contribution in [0.3, 0.4) is 0 Å². The van der Waals surface area contributed by atoms with Crippen molar-refractivity contribution in [2.24, 2.45) is 5.73 Å². The third-order valence-electron chi connectivity index (χ3n) is 0.998. The molecule has 0 heterocycles. The Morgan fingerprint density at radius 3 is 2.43 bits per heavy atom. The Balaban J connectivity index is 3.00. The summed E-state index contributed by atoms with van der Waals surface area (Å²) in [6.07, 6.45) is 2.05. The van der Waals surface area contributed by atoms with Gasteiger partial charge >= 0.3 is 0 Å². The van der Waals surface area contributed by atoms with Gasteiger partial charge in [-0.2, -0.15) is 0 Å². The van der Waals surface area contributed by atoms with Crippen LogP contribution in [0.5, 0.6) is 0 Å². The second-order valence-electron chi connectivity index (χ2n) is 1.64. The van der Waals surface area contributed by atoms with E-state index in [4.69, 9.17) is 5.73 Å². The summed E-state index contributed by atoms with van der Waals surface area (Å²) in [6, 6.07) is 0. The van der Waals surface area contributed by atoms with Gasteiger partial charge in [0, 0.05) is 0 Å². The summed E-state index contributed by atoms with van der Waals surface area (Å²) in [5.74, 6) is 0. The van der Waals surface area contributed by atoms with Crippen LogP contribution in [0, 0.1) is 0 Å². The van der Waals surface area contributed by atoms with Crippen molar-refractivity contribution in [3.63, 3.8) is 0 Å². The molecule has 0 aliphatic heterocycles. The summed E-state index contributed by atoms with van der Waals surface area (Å²) in [6.45, 7) is 6.62. The summed E-state index contributed by atoms with van der Waals surface area (Å²) in [4.78, 5) is 0. The van der Waals surface area contributed by atoms with Gasteiger partial charge in [-0.3, -0.25) is 0 Å². The molecule has 0 bridgehead atoms. The fourth-order valence-electron chi connectivity index (χ4n) is 0.381. The lowest BCUT2D eigenvalue weighted by molar-refractivity contribution is 0.899. The van der Waals surface area contributed by atoms with Gasteiger partial charge in [0.25, 0.3) is 0 Å². The van der Waals surface area contributed by atoms with Crippen molar-refractivity contribution in [2.45, 2.75) is 19.8 Å². The Labute approximate surface area is 45.2 Å². The van der Waals surface area contributed by atoms with Crippen LogP contribution in [0.4, 0.5) is 0 Å². The molecular weight excluding hydrogens is 86.1 g/mol. The molecule has 1 nitrogen and oxygen atoms in total. The highest BCUT2D eigenvalue weighted by molar-refractivity contribution is 4.91. The maximum atomic E-state index is 5.24. The average Bonchev–Trinajstić information content (AvgIpc) is 1.68. The molecule has 0 rings (SSSR count). The van der Waals surface area contributed by atoms with E-state index >= 15 is 0 Å². The zero-order valence-electron chi connectivity index (χ0n) is 4.91. The van der Waals surface area contributed by atoms with Crippen molar-refractivity contribution in [1.82, 2.24) is 0 Å². The maximum Gasteiger partial charge on any atom is -0.00400 e. The summed E-state index contributed by atoms with van der Waals surface area (Å²) in [5.41, 5.74) is 6.50. The van der Waals surface area contributed by atoms with Crippen LogP contribution in [0.15, 0.2) is 12.2 Å². The van der Waals surface area contributed by atoms with Gasteiger partial charge in [0.15, 0.2) is 0 Å². The fraction of sp³-hybridized carbons (Fsp3) is 0.667. The molecule has 0 aromatic heterocycles. The molecule has 2 N–H and O–H groups in total. The average molecular weight is 99.2 g/mol. The van der Waals surface area contributed by atoms with E-state index < -0.39 is 0 Å². The number of hydrogen-bond donors (Lipinski definition) is 1. The minimum absolute atomic E-state index is 0.743. The Morgan fingerprint density at radius 2 is 2.29 bits per heavy atom. The lowest BCUT2D eigenvalue weighted by atomic mass is 10.2. The molecule has 0 aliphatic carbocycles. The van der Waals surface area contributed by atoms with E-state index in [0.29, 0.717) is 0 Å². The normalized spacial score (nSPS) is 8.86.